The van der Waals surface area contributed by atoms with E-state index in [0.717, 1.165) is 12.8 Å². The maximum Gasteiger partial charge on any atom is 0.220 e. The standard InChI is InChI=1S/C16H24FNO2/c1-3-16(4-2,12-19)11-18-15(20)10-9-13-7-5-6-8-14(13)17/h5-8,19H,3-4,9-12H2,1-2H3,(H,18,20). The molecule has 1 amide bonds. The number of carbonyl (C=O) groups excluding carboxylic acids is 1. The van der Waals surface area contributed by atoms with E-state index in [-0.39, 0.29) is 30.2 Å². The van der Waals surface area contributed by atoms with E-state index >= 15 is 0 Å². The van der Waals surface area contributed by atoms with Crippen LogP contribution >= 0.6 is 0 Å². The third-order valence-corrected chi connectivity index (χ3v) is 4.08. The number of hydrogen-bond acceptors (Lipinski definition) is 2. The number of benzene rings is 1. The van der Waals surface area contributed by atoms with Crippen molar-refractivity contribution in [3.05, 3.63) is 35.6 Å². The zero-order valence-corrected chi connectivity index (χ0v) is 12.3. The van der Waals surface area contributed by atoms with Gasteiger partial charge in [-0.2, -0.15) is 0 Å². The van der Waals surface area contributed by atoms with Gasteiger partial charge in [0.05, 0.1) is 6.61 Å². The smallest absolute Gasteiger partial charge is 0.220 e. The first-order chi connectivity index (χ1) is 9.56. The molecule has 0 heterocycles. The summed E-state index contributed by atoms with van der Waals surface area (Å²) in [5.74, 6) is -0.375. The molecule has 20 heavy (non-hydrogen) atoms. The molecule has 0 saturated carbocycles. The summed E-state index contributed by atoms with van der Waals surface area (Å²) in [7, 11) is 0. The molecule has 1 aromatic carbocycles. The zero-order valence-electron chi connectivity index (χ0n) is 12.3. The Balaban J connectivity index is 2.43. The zero-order chi connectivity index (χ0) is 15.0. The maximum absolute atomic E-state index is 13.4. The molecule has 0 radical (unpaired) electrons. The molecule has 0 fully saturated rings. The van der Waals surface area contributed by atoms with Crippen molar-refractivity contribution in [1.82, 2.24) is 5.32 Å². The second-order valence-corrected chi connectivity index (χ2v) is 5.23. The number of aliphatic hydroxyl groups excluding tert-OH is 1. The van der Waals surface area contributed by atoms with Gasteiger partial charge in [0.2, 0.25) is 5.91 Å². The molecular formula is C16H24FNO2. The van der Waals surface area contributed by atoms with Crippen molar-refractivity contribution in [3.8, 4) is 0 Å². The Bertz CT molecular complexity index is 422. The highest BCUT2D eigenvalue weighted by Crippen LogP contribution is 2.24. The van der Waals surface area contributed by atoms with Crippen LogP contribution in [0.2, 0.25) is 0 Å². The number of aliphatic hydroxyl groups is 1. The lowest BCUT2D eigenvalue weighted by Crippen LogP contribution is -2.39. The summed E-state index contributed by atoms with van der Waals surface area (Å²) in [5, 5.41) is 12.3. The van der Waals surface area contributed by atoms with Crippen molar-refractivity contribution < 1.29 is 14.3 Å². The molecule has 0 saturated heterocycles. The molecule has 1 rings (SSSR count). The fourth-order valence-corrected chi connectivity index (χ4v) is 2.10. The molecule has 0 aliphatic heterocycles. The molecule has 2 N–H and O–H groups in total. The van der Waals surface area contributed by atoms with Crippen LogP contribution in [0, 0.1) is 11.2 Å². The topological polar surface area (TPSA) is 49.3 Å². The molecule has 0 bridgehead atoms. The van der Waals surface area contributed by atoms with Crippen LogP contribution in [0.4, 0.5) is 4.39 Å². The summed E-state index contributed by atoms with van der Waals surface area (Å²) < 4.78 is 13.4. The first-order valence-electron chi connectivity index (χ1n) is 7.18. The monoisotopic (exact) mass is 281 g/mol. The largest absolute Gasteiger partial charge is 0.396 e. The quantitative estimate of drug-likeness (QED) is 0.769. The van der Waals surface area contributed by atoms with E-state index < -0.39 is 0 Å². The van der Waals surface area contributed by atoms with E-state index in [1.165, 1.54) is 6.07 Å². The van der Waals surface area contributed by atoms with Crippen molar-refractivity contribution in [2.24, 2.45) is 5.41 Å². The van der Waals surface area contributed by atoms with Crippen LogP contribution in [0.5, 0.6) is 0 Å². The van der Waals surface area contributed by atoms with Crippen molar-refractivity contribution in [2.75, 3.05) is 13.2 Å². The summed E-state index contributed by atoms with van der Waals surface area (Å²) >= 11 is 0. The Morgan fingerprint density at radius 2 is 1.95 bits per heavy atom. The van der Waals surface area contributed by atoms with E-state index in [1.54, 1.807) is 18.2 Å². The van der Waals surface area contributed by atoms with E-state index in [1.807, 2.05) is 13.8 Å². The Labute approximate surface area is 120 Å². The van der Waals surface area contributed by atoms with Gasteiger partial charge in [-0.3, -0.25) is 4.79 Å². The highest BCUT2D eigenvalue weighted by atomic mass is 19.1. The molecule has 0 unspecified atom stereocenters. The van der Waals surface area contributed by atoms with Crippen LogP contribution in [0.15, 0.2) is 24.3 Å². The number of hydrogen-bond donors (Lipinski definition) is 2. The molecule has 4 heteroatoms. The third kappa shape index (κ3) is 4.60. The lowest BCUT2D eigenvalue weighted by atomic mass is 9.83. The van der Waals surface area contributed by atoms with Gasteiger partial charge in [0, 0.05) is 18.4 Å². The molecule has 0 aliphatic rings. The minimum Gasteiger partial charge on any atom is -0.396 e. The normalized spacial score (nSPS) is 11.4. The molecule has 0 aliphatic carbocycles. The third-order valence-electron chi connectivity index (χ3n) is 4.08. The Morgan fingerprint density at radius 3 is 2.50 bits per heavy atom. The Morgan fingerprint density at radius 1 is 1.30 bits per heavy atom. The maximum atomic E-state index is 13.4. The molecule has 0 atom stereocenters. The summed E-state index contributed by atoms with van der Waals surface area (Å²) in [4.78, 5) is 11.8. The lowest BCUT2D eigenvalue weighted by molar-refractivity contribution is -0.121. The van der Waals surface area contributed by atoms with Gasteiger partial charge in [0.15, 0.2) is 0 Å². The van der Waals surface area contributed by atoms with Crippen LogP contribution in [0.3, 0.4) is 0 Å². The predicted octanol–water partition coefficient (Wildman–Crippen LogP) is 2.67. The van der Waals surface area contributed by atoms with Crippen LogP contribution < -0.4 is 5.32 Å². The van der Waals surface area contributed by atoms with Crippen molar-refractivity contribution in [2.45, 2.75) is 39.5 Å². The predicted molar refractivity (Wildman–Crippen MR) is 77.8 cm³/mol. The van der Waals surface area contributed by atoms with Gasteiger partial charge < -0.3 is 10.4 Å². The fourth-order valence-electron chi connectivity index (χ4n) is 2.10. The minimum absolute atomic E-state index is 0.0631. The van der Waals surface area contributed by atoms with Crippen molar-refractivity contribution in [3.63, 3.8) is 0 Å². The average molecular weight is 281 g/mol. The van der Waals surface area contributed by atoms with Gasteiger partial charge in [0.25, 0.3) is 0 Å². The Kier molecular flexibility index (Phi) is 6.65. The number of halogens is 1. The van der Waals surface area contributed by atoms with Crippen molar-refractivity contribution in [1.29, 1.82) is 0 Å². The lowest BCUT2D eigenvalue weighted by Gasteiger charge is -2.29. The summed E-state index contributed by atoms with van der Waals surface area (Å²) in [6.07, 6.45) is 2.28. The molecule has 1 aromatic rings. The van der Waals surface area contributed by atoms with Gasteiger partial charge in [-0.1, -0.05) is 32.0 Å². The van der Waals surface area contributed by atoms with Gasteiger partial charge in [-0.25, -0.2) is 4.39 Å². The fraction of sp³-hybridized carbons (Fsp3) is 0.562. The highest BCUT2D eigenvalue weighted by molar-refractivity contribution is 5.76. The second kappa shape index (κ2) is 8.00. The second-order valence-electron chi connectivity index (χ2n) is 5.23. The number of rotatable bonds is 8. The number of carbonyl (C=O) groups is 1. The van der Waals surface area contributed by atoms with Gasteiger partial charge >= 0.3 is 0 Å². The van der Waals surface area contributed by atoms with E-state index in [9.17, 15) is 14.3 Å². The summed E-state index contributed by atoms with van der Waals surface area (Å²) in [6, 6.07) is 6.50. The SMILES string of the molecule is CCC(CC)(CO)CNC(=O)CCc1ccccc1F. The number of amides is 1. The minimum atomic E-state index is -0.271. The number of nitrogens with one attached hydrogen (secondary N) is 1. The molecule has 112 valence electrons. The van der Waals surface area contributed by atoms with Gasteiger partial charge in [-0.05, 0) is 30.9 Å². The summed E-state index contributed by atoms with van der Waals surface area (Å²) in [6.45, 7) is 4.54. The Hall–Kier alpha value is -1.42. The van der Waals surface area contributed by atoms with E-state index in [2.05, 4.69) is 5.32 Å². The highest BCUT2D eigenvalue weighted by Gasteiger charge is 2.25. The molecule has 3 nitrogen and oxygen atoms in total. The van der Waals surface area contributed by atoms with E-state index in [0.29, 0.717) is 18.5 Å². The first kappa shape index (κ1) is 16.6. The average Bonchev–Trinajstić information content (AvgIpc) is 2.48. The van der Waals surface area contributed by atoms with Crippen LogP contribution in [-0.4, -0.2) is 24.2 Å². The molecule has 0 spiro atoms. The van der Waals surface area contributed by atoms with Gasteiger partial charge in [-0.15, -0.1) is 0 Å². The number of aryl methyl sites for hydroxylation is 1. The van der Waals surface area contributed by atoms with Crippen molar-refractivity contribution >= 4 is 5.91 Å². The summed E-state index contributed by atoms with van der Waals surface area (Å²) in [5.41, 5.74) is 0.315. The molecular weight excluding hydrogens is 257 g/mol. The van der Waals surface area contributed by atoms with Gasteiger partial charge in [0.1, 0.15) is 5.82 Å². The first-order valence-corrected chi connectivity index (χ1v) is 7.18. The van der Waals surface area contributed by atoms with Crippen LogP contribution in [-0.2, 0) is 11.2 Å². The van der Waals surface area contributed by atoms with Crippen LogP contribution in [0.25, 0.3) is 0 Å². The van der Waals surface area contributed by atoms with E-state index in [4.69, 9.17) is 0 Å². The van der Waals surface area contributed by atoms with Crippen LogP contribution in [0.1, 0.15) is 38.7 Å². The molecule has 0 aromatic heterocycles.